The van der Waals surface area contributed by atoms with Gasteiger partial charge in [0.15, 0.2) is 0 Å². The molecule has 1 amide bonds. The summed E-state index contributed by atoms with van der Waals surface area (Å²) in [5.41, 5.74) is 7.17. The molecule has 0 spiro atoms. The van der Waals surface area contributed by atoms with Crippen LogP contribution in [0, 0.1) is 0 Å². The van der Waals surface area contributed by atoms with Gasteiger partial charge in [0.2, 0.25) is 0 Å². The van der Waals surface area contributed by atoms with E-state index in [9.17, 15) is 4.79 Å². The molecule has 1 aromatic heterocycles. The molecular weight excluding hydrogens is 372 g/mol. The van der Waals surface area contributed by atoms with Crippen LogP contribution >= 0.6 is 38.9 Å². The first kappa shape index (κ1) is 14.4. The van der Waals surface area contributed by atoms with E-state index < -0.39 is 0 Å². The predicted octanol–water partition coefficient (Wildman–Crippen LogP) is 5.15. The fraction of sp³-hybridized carbons (Fsp3) is 0. The van der Waals surface area contributed by atoms with Crippen LogP contribution in [-0.2, 0) is 0 Å². The number of amides is 1. The predicted molar refractivity (Wildman–Crippen MR) is 93.3 cm³/mol. The maximum Gasteiger partial charge on any atom is 0.267 e. The number of fused-ring (bicyclic) bond motifs is 1. The molecule has 0 radical (unpaired) electrons. The average Bonchev–Trinajstić information content (AvgIpc) is 2.80. The molecule has 0 fully saturated rings. The van der Waals surface area contributed by atoms with Gasteiger partial charge in [0.1, 0.15) is 4.88 Å². The summed E-state index contributed by atoms with van der Waals surface area (Å²) in [6, 6.07) is 12.9. The molecule has 0 aliphatic carbocycles. The molecule has 2 aromatic carbocycles. The van der Waals surface area contributed by atoms with Gasteiger partial charge in [-0.05, 0) is 24.3 Å². The highest BCUT2D eigenvalue weighted by atomic mass is 79.9. The summed E-state index contributed by atoms with van der Waals surface area (Å²) in [7, 11) is 0. The minimum absolute atomic E-state index is 0.256. The van der Waals surface area contributed by atoms with Crippen LogP contribution in [0.1, 0.15) is 9.67 Å². The van der Waals surface area contributed by atoms with E-state index in [0.29, 0.717) is 21.3 Å². The molecule has 6 heteroatoms. The third kappa shape index (κ3) is 2.64. The number of thiophene rings is 1. The molecule has 3 nitrogen and oxygen atoms in total. The normalized spacial score (nSPS) is 10.8. The van der Waals surface area contributed by atoms with E-state index in [1.165, 1.54) is 11.3 Å². The van der Waals surface area contributed by atoms with Gasteiger partial charge in [-0.1, -0.05) is 45.7 Å². The van der Waals surface area contributed by atoms with Gasteiger partial charge in [0.05, 0.1) is 16.4 Å². The maximum absolute atomic E-state index is 12.4. The lowest BCUT2D eigenvalue weighted by Crippen LogP contribution is -2.12. The van der Waals surface area contributed by atoms with Gasteiger partial charge in [0, 0.05) is 14.6 Å². The van der Waals surface area contributed by atoms with Gasteiger partial charge in [-0.3, -0.25) is 4.79 Å². The van der Waals surface area contributed by atoms with Crippen LogP contribution in [0.5, 0.6) is 0 Å². The lowest BCUT2D eigenvalue weighted by Gasteiger charge is -2.06. The van der Waals surface area contributed by atoms with Crippen molar-refractivity contribution in [3.8, 4) is 0 Å². The summed E-state index contributed by atoms with van der Waals surface area (Å²) in [5.74, 6) is -0.256. The van der Waals surface area contributed by atoms with Crippen LogP contribution in [0.25, 0.3) is 10.1 Å². The van der Waals surface area contributed by atoms with Gasteiger partial charge in [-0.2, -0.15) is 0 Å². The number of hydrogen-bond acceptors (Lipinski definition) is 3. The van der Waals surface area contributed by atoms with E-state index in [0.717, 1.165) is 14.6 Å². The van der Waals surface area contributed by atoms with Crippen molar-refractivity contribution in [3.63, 3.8) is 0 Å². The SMILES string of the molecule is Nc1c(C(=O)Nc2ccccc2Cl)sc2cccc(Br)c12. The Balaban J connectivity index is 2.01. The standard InChI is InChI=1S/C15H10BrClN2OS/c16-8-4-3-7-11-12(8)13(18)14(21-11)15(20)19-10-6-2-1-5-9(10)17/h1-7H,18H2,(H,19,20). The first-order valence-corrected chi connectivity index (χ1v) is 8.09. The van der Waals surface area contributed by atoms with Gasteiger partial charge < -0.3 is 11.1 Å². The molecule has 1 heterocycles. The molecule has 0 aliphatic heterocycles. The second kappa shape index (κ2) is 5.67. The minimum Gasteiger partial charge on any atom is -0.397 e. The number of carbonyl (C=O) groups is 1. The number of para-hydroxylation sites is 1. The lowest BCUT2D eigenvalue weighted by atomic mass is 10.2. The third-order valence-corrected chi connectivity index (χ3v) is 5.19. The molecule has 106 valence electrons. The number of rotatable bonds is 2. The van der Waals surface area contributed by atoms with Crippen LogP contribution in [-0.4, -0.2) is 5.91 Å². The van der Waals surface area contributed by atoms with Crippen molar-refractivity contribution in [1.29, 1.82) is 0 Å². The van der Waals surface area contributed by atoms with E-state index in [1.54, 1.807) is 12.1 Å². The second-order valence-electron chi connectivity index (χ2n) is 4.39. The molecule has 0 atom stereocenters. The summed E-state index contributed by atoms with van der Waals surface area (Å²) in [6.45, 7) is 0. The Morgan fingerprint density at radius 2 is 1.95 bits per heavy atom. The van der Waals surface area contributed by atoms with Crippen LogP contribution < -0.4 is 11.1 Å². The fourth-order valence-electron chi connectivity index (χ4n) is 2.04. The average molecular weight is 382 g/mol. The number of halogens is 2. The Morgan fingerprint density at radius 3 is 2.67 bits per heavy atom. The fourth-order valence-corrected chi connectivity index (χ4v) is 3.98. The Bertz CT molecular complexity index is 847. The van der Waals surface area contributed by atoms with Crippen molar-refractivity contribution in [2.45, 2.75) is 0 Å². The molecule has 0 saturated heterocycles. The smallest absolute Gasteiger partial charge is 0.267 e. The van der Waals surface area contributed by atoms with Crippen LogP contribution in [0.2, 0.25) is 5.02 Å². The molecule has 3 N–H and O–H groups in total. The van der Waals surface area contributed by atoms with E-state index in [-0.39, 0.29) is 5.91 Å². The number of nitrogens with one attached hydrogen (secondary N) is 1. The first-order valence-electron chi connectivity index (χ1n) is 6.10. The summed E-state index contributed by atoms with van der Waals surface area (Å²) in [4.78, 5) is 12.9. The van der Waals surface area contributed by atoms with Crippen molar-refractivity contribution in [2.75, 3.05) is 11.1 Å². The van der Waals surface area contributed by atoms with Gasteiger partial charge >= 0.3 is 0 Å². The zero-order valence-electron chi connectivity index (χ0n) is 10.7. The lowest BCUT2D eigenvalue weighted by molar-refractivity contribution is 0.103. The number of hydrogen-bond donors (Lipinski definition) is 2. The third-order valence-electron chi connectivity index (χ3n) is 3.03. The zero-order chi connectivity index (χ0) is 15.0. The molecule has 21 heavy (non-hydrogen) atoms. The maximum atomic E-state index is 12.4. The van der Waals surface area contributed by atoms with Crippen LogP contribution in [0.4, 0.5) is 11.4 Å². The molecule has 0 unspecified atom stereocenters. The Labute approximate surface area is 138 Å². The topological polar surface area (TPSA) is 55.1 Å². The van der Waals surface area contributed by atoms with Gasteiger partial charge in [0.25, 0.3) is 5.91 Å². The number of nitrogen functional groups attached to an aromatic ring is 1. The van der Waals surface area contributed by atoms with Crippen molar-refractivity contribution < 1.29 is 4.79 Å². The highest BCUT2D eigenvalue weighted by Gasteiger charge is 2.18. The van der Waals surface area contributed by atoms with Crippen molar-refractivity contribution in [1.82, 2.24) is 0 Å². The molecule has 3 aromatic rings. The highest BCUT2D eigenvalue weighted by Crippen LogP contribution is 2.38. The van der Waals surface area contributed by atoms with E-state index in [1.807, 2.05) is 30.3 Å². The van der Waals surface area contributed by atoms with Gasteiger partial charge in [-0.15, -0.1) is 11.3 Å². The minimum atomic E-state index is -0.256. The largest absolute Gasteiger partial charge is 0.397 e. The number of benzene rings is 2. The monoisotopic (exact) mass is 380 g/mol. The van der Waals surface area contributed by atoms with E-state index in [2.05, 4.69) is 21.2 Å². The molecule has 0 aliphatic rings. The molecule has 0 saturated carbocycles. The summed E-state index contributed by atoms with van der Waals surface area (Å²) >= 11 is 10.9. The number of carbonyl (C=O) groups excluding carboxylic acids is 1. The quantitative estimate of drug-likeness (QED) is 0.645. The summed E-state index contributed by atoms with van der Waals surface area (Å²) in [5, 5.41) is 4.15. The van der Waals surface area contributed by atoms with Crippen LogP contribution in [0.3, 0.4) is 0 Å². The Kier molecular flexibility index (Phi) is 3.89. The van der Waals surface area contributed by atoms with Crippen molar-refractivity contribution in [3.05, 3.63) is 56.8 Å². The first-order chi connectivity index (χ1) is 10.1. The molecule has 3 rings (SSSR count). The zero-order valence-corrected chi connectivity index (χ0v) is 13.8. The van der Waals surface area contributed by atoms with E-state index >= 15 is 0 Å². The summed E-state index contributed by atoms with van der Waals surface area (Å²) < 4.78 is 1.84. The number of anilines is 2. The number of nitrogens with two attached hydrogens (primary N) is 1. The van der Waals surface area contributed by atoms with E-state index in [4.69, 9.17) is 17.3 Å². The Hall–Kier alpha value is -1.56. The highest BCUT2D eigenvalue weighted by molar-refractivity contribution is 9.10. The molecule has 0 bridgehead atoms. The van der Waals surface area contributed by atoms with Crippen LogP contribution in [0.15, 0.2) is 46.9 Å². The van der Waals surface area contributed by atoms with Crippen molar-refractivity contribution >= 4 is 66.2 Å². The van der Waals surface area contributed by atoms with Gasteiger partial charge in [-0.25, -0.2) is 0 Å². The Morgan fingerprint density at radius 1 is 1.19 bits per heavy atom. The molecular formula is C15H10BrClN2OS. The second-order valence-corrected chi connectivity index (χ2v) is 6.71. The summed E-state index contributed by atoms with van der Waals surface area (Å²) in [6.07, 6.45) is 0. The van der Waals surface area contributed by atoms with Crippen molar-refractivity contribution in [2.24, 2.45) is 0 Å².